The molecule has 0 aromatic heterocycles. The van der Waals surface area contributed by atoms with E-state index in [2.05, 4.69) is 18.3 Å². The fourth-order valence-corrected chi connectivity index (χ4v) is 0.229. The van der Waals surface area contributed by atoms with Crippen LogP contribution in [0.3, 0.4) is 0 Å². The van der Waals surface area contributed by atoms with E-state index in [0.717, 1.165) is 5.57 Å². The van der Waals surface area contributed by atoms with Crippen molar-refractivity contribution < 1.29 is 0 Å². The molecule has 0 heterocycles. The number of allylic oxidation sites excluding steroid dienone is 2. The molecule has 0 atom stereocenters. The van der Waals surface area contributed by atoms with Gasteiger partial charge in [-0.05, 0) is 19.2 Å². The minimum atomic E-state index is 0.444. The predicted octanol–water partition coefficient (Wildman–Crippen LogP) is 1.06. The molecule has 0 rings (SSSR count). The molecule has 0 amide bonds. The van der Waals surface area contributed by atoms with Crippen molar-refractivity contribution in [1.82, 2.24) is 0 Å². The Bertz CT molecular complexity index is 117. The highest BCUT2D eigenvalue weighted by Crippen LogP contribution is 1.97. The molecule has 0 aliphatic carbocycles. The van der Waals surface area contributed by atoms with E-state index in [4.69, 9.17) is 5.73 Å². The van der Waals surface area contributed by atoms with Crippen molar-refractivity contribution in [2.45, 2.75) is 6.92 Å². The predicted molar refractivity (Wildman–Crippen MR) is 36.6 cm³/mol. The summed E-state index contributed by atoms with van der Waals surface area (Å²) in [4.78, 5) is 3.50. The third-order valence-electron chi connectivity index (χ3n) is 0.881. The van der Waals surface area contributed by atoms with Crippen molar-refractivity contribution in [2.75, 3.05) is 0 Å². The summed E-state index contributed by atoms with van der Waals surface area (Å²) < 4.78 is 0. The van der Waals surface area contributed by atoms with Crippen LogP contribution in [0.2, 0.25) is 0 Å². The van der Waals surface area contributed by atoms with E-state index >= 15 is 0 Å². The lowest BCUT2D eigenvalue weighted by atomic mass is 10.3. The van der Waals surface area contributed by atoms with Gasteiger partial charge in [0.15, 0.2) is 0 Å². The smallest absolute Gasteiger partial charge is 0.125 e. The molecule has 0 aromatic carbocycles. The van der Waals surface area contributed by atoms with Crippen LogP contribution in [-0.4, -0.2) is 6.72 Å². The molecule has 0 spiro atoms. The van der Waals surface area contributed by atoms with Crippen LogP contribution in [0.15, 0.2) is 29.0 Å². The summed E-state index contributed by atoms with van der Waals surface area (Å²) in [5.74, 6) is 0.444. The Labute approximate surface area is 49.4 Å². The van der Waals surface area contributed by atoms with Gasteiger partial charge in [0.25, 0.3) is 0 Å². The molecule has 0 bridgehead atoms. The number of aliphatic imine (C=N–C) groups is 1. The van der Waals surface area contributed by atoms with Crippen LogP contribution >= 0.6 is 0 Å². The third kappa shape index (κ3) is 1.60. The van der Waals surface area contributed by atoms with E-state index in [9.17, 15) is 0 Å². The molecule has 0 fully saturated rings. The minimum absolute atomic E-state index is 0.444. The largest absolute Gasteiger partial charge is 0.384 e. The first-order valence-electron chi connectivity index (χ1n) is 2.28. The van der Waals surface area contributed by atoms with Crippen molar-refractivity contribution in [3.05, 3.63) is 24.0 Å². The summed E-state index contributed by atoms with van der Waals surface area (Å²) in [5.41, 5.74) is 6.17. The highest BCUT2D eigenvalue weighted by Gasteiger charge is 1.84. The normalized spacial score (nSPS) is 12.1. The Morgan fingerprint density at radius 1 is 1.75 bits per heavy atom. The average Bonchev–Trinajstić information content (AvgIpc) is 1.84. The van der Waals surface area contributed by atoms with Gasteiger partial charge in [0.1, 0.15) is 5.82 Å². The van der Waals surface area contributed by atoms with Crippen LogP contribution < -0.4 is 5.73 Å². The van der Waals surface area contributed by atoms with E-state index in [-0.39, 0.29) is 0 Å². The van der Waals surface area contributed by atoms with Crippen molar-refractivity contribution >= 4 is 6.72 Å². The summed E-state index contributed by atoms with van der Waals surface area (Å²) >= 11 is 0. The second-order valence-corrected chi connectivity index (χ2v) is 1.43. The first kappa shape index (κ1) is 6.95. The van der Waals surface area contributed by atoms with Gasteiger partial charge in [-0.3, -0.25) is 0 Å². The maximum atomic E-state index is 5.31. The van der Waals surface area contributed by atoms with E-state index in [1.807, 2.05) is 6.92 Å². The highest BCUT2D eigenvalue weighted by molar-refractivity contribution is 5.31. The van der Waals surface area contributed by atoms with Crippen LogP contribution in [-0.2, 0) is 0 Å². The highest BCUT2D eigenvalue weighted by atomic mass is 14.9. The molecule has 2 nitrogen and oxygen atoms in total. The lowest BCUT2D eigenvalue weighted by Gasteiger charge is -1.91. The first-order valence-corrected chi connectivity index (χ1v) is 2.28. The Kier molecular flexibility index (Phi) is 2.62. The quantitative estimate of drug-likeness (QED) is 0.419. The SMILES string of the molecule is C=C/C(C)=C(\N)N=C. The molecule has 0 unspecified atom stereocenters. The Balaban J connectivity index is 4.25. The van der Waals surface area contributed by atoms with Gasteiger partial charge in [-0.2, -0.15) is 0 Å². The van der Waals surface area contributed by atoms with Gasteiger partial charge in [-0.25, -0.2) is 4.99 Å². The maximum absolute atomic E-state index is 5.31. The van der Waals surface area contributed by atoms with Gasteiger partial charge in [0, 0.05) is 0 Å². The van der Waals surface area contributed by atoms with E-state index in [1.165, 1.54) is 0 Å². The Morgan fingerprint density at radius 3 is 2.38 bits per heavy atom. The number of hydrogen-bond acceptors (Lipinski definition) is 2. The van der Waals surface area contributed by atoms with Crippen molar-refractivity contribution in [3.8, 4) is 0 Å². The molecule has 0 aliphatic rings. The zero-order valence-corrected chi connectivity index (χ0v) is 5.02. The van der Waals surface area contributed by atoms with E-state index in [1.54, 1.807) is 6.08 Å². The Hall–Kier alpha value is -1.05. The molecule has 2 N–H and O–H groups in total. The number of nitrogens with zero attached hydrogens (tertiary/aromatic N) is 1. The van der Waals surface area contributed by atoms with Crippen LogP contribution in [0.4, 0.5) is 0 Å². The van der Waals surface area contributed by atoms with Gasteiger partial charge >= 0.3 is 0 Å². The van der Waals surface area contributed by atoms with Gasteiger partial charge in [0.2, 0.25) is 0 Å². The van der Waals surface area contributed by atoms with Gasteiger partial charge in [0.05, 0.1) is 0 Å². The molecule has 44 valence electrons. The number of hydrogen-bond donors (Lipinski definition) is 1. The molecular weight excluding hydrogens is 100 g/mol. The molecule has 8 heavy (non-hydrogen) atoms. The number of rotatable bonds is 2. The molecule has 0 saturated heterocycles. The Morgan fingerprint density at radius 2 is 2.25 bits per heavy atom. The topological polar surface area (TPSA) is 38.4 Å². The van der Waals surface area contributed by atoms with Crippen molar-refractivity contribution in [3.63, 3.8) is 0 Å². The molecule has 2 heteroatoms. The molecule has 0 saturated carbocycles. The third-order valence-corrected chi connectivity index (χ3v) is 0.881. The molecule has 0 aliphatic heterocycles. The number of nitrogens with two attached hydrogens (primary N) is 1. The lowest BCUT2D eigenvalue weighted by Crippen LogP contribution is -1.94. The van der Waals surface area contributed by atoms with Gasteiger partial charge < -0.3 is 5.73 Å². The zero-order valence-electron chi connectivity index (χ0n) is 5.02. The molecule has 0 aromatic rings. The lowest BCUT2D eigenvalue weighted by molar-refractivity contribution is 1.20. The van der Waals surface area contributed by atoms with Crippen LogP contribution in [0.1, 0.15) is 6.92 Å². The summed E-state index contributed by atoms with van der Waals surface area (Å²) in [6, 6.07) is 0. The zero-order chi connectivity index (χ0) is 6.57. The second-order valence-electron chi connectivity index (χ2n) is 1.43. The summed E-state index contributed by atoms with van der Waals surface area (Å²) in [6.45, 7) is 8.58. The first-order chi connectivity index (χ1) is 3.72. The standard InChI is InChI=1S/C6H10N2/c1-4-5(2)6(7)8-3/h4H,1,3,7H2,2H3/b6-5+. The molecule has 0 radical (unpaired) electrons. The van der Waals surface area contributed by atoms with E-state index < -0.39 is 0 Å². The molecular formula is C6H10N2. The monoisotopic (exact) mass is 110 g/mol. The fraction of sp³-hybridized carbons (Fsp3) is 0.167. The fourth-order valence-electron chi connectivity index (χ4n) is 0.229. The van der Waals surface area contributed by atoms with Crippen molar-refractivity contribution in [2.24, 2.45) is 10.7 Å². The summed E-state index contributed by atoms with van der Waals surface area (Å²) in [6.07, 6.45) is 1.64. The van der Waals surface area contributed by atoms with Gasteiger partial charge in [-0.1, -0.05) is 12.7 Å². The van der Waals surface area contributed by atoms with E-state index in [0.29, 0.717) is 5.82 Å². The van der Waals surface area contributed by atoms with Crippen LogP contribution in [0.5, 0.6) is 0 Å². The minimum Gasteiger partial charge on any atom is -0.384 e. The van der Waals surface area contributed by atoms with Crippen molar-refractivity contribution in [1.29, 1.82) is 0 Å². The average molecular weight is 110 g/mol. The van der Waals surface area contributed by atoms with Crippen LogP contribution in [0.25, 0.3) is 0 Å². The summed E-state index contributed by atoms with van der Waals surface area (Å²) in [5, 5.41) is 0. The van der Waals surface area contributed by atoms with Crippen LogP contribution in [0, 0.1) is 0 Å². The maximum Gasteiger partial charge on any atom is 0.125 e. The summed E-state index contributed by atoms with van der Waals surface area (Å²) in [7, 11) is 0. The van der Waals surface area contributed by atoms with Gasteiger partial charge in [-0.15, -0.1) is 0 Å². The second kappa shape index (κ2) is 3.02.